The van der Waals surface area contributed by atoms with Crippen molar-refractivity contribution in [3.63, 3.8) is 0 Å². The van der Waals surface area contributed by atoms with Gasteiger partial charge in [0, 0.05) is 20.1 Å². The lowest BCUT2D eigenvalue weighted by atomic mass is 10.1. The minimum Gasteiger partial charge on any atom is -0.371 e. The lowest BCUT2D eigenvalue weighted by molar-refractivity contribution is -0.0446. The first-order valence-electron chi connectivity index (χ1n) is 7.09. The van der Waals surface area contributed by atoms with Crippen LogP contribution in [0.2, 0.25) is 10.0 Å². The first-order valence-corrected chi connectivity index (χ1v) is 7.84. The van der Waals surface area contributed by atoms with Crippen molar-refractivity contribution in [1.29, 1.82) is 0 Å². The van der Waals surface area contributed by atoms with Crippen LogP contribution in [0.25, 0.3) is 0 Å². The molecule has 8 heteroatoms. The summed E-state index contributed by atoms with van der Waals surface area (Å²) < 4.78 is 7.59. The standard InChI is InChI=1S/C14H17Cl2N5O/c1-9(14-17-18-19-20(14)2)21-5-6-22-13(8-21)10-3-4-11(15)12(16)7-10/h3-4,7,9,13H,5-6,8H2,1-2H3. The van der Waals surface area contributed by atoms with E-state index < -0.39 is 0 Å². The molecule has 2 heterocycles. The maximum atomic E-state index is 6.10. The molecule has 0 saturated carbocycles. The fourth-order valence-electron chi connectivity index (χ4n) is 2.69. The summed E-state index contributed by atoms with van der Waals surface area (Å²) in [6, 6.07) is 5.75. The summed E-state index contributed by atoms with van der Waals surface area (Å²) in [6.07, 6.45) is -0.0350. The molecule has 0 aliphatic carbocycles. The molecule has 1 fully saturated rings. The SMILES string of the molecule is CC(c1nnnn1C)N1CCOC(c2ccc(Cl)c(Cl)c2)C1. The molecular formula is C14H17Cl2N5O. The first-order chi connectivity index (χ1) is 10.6. The van der Waals surface area contributed by atoms with E-state index in [1.807, 2.05) is 19.2 Å². The molecule has 1 aliphatic heterocycles. The molecule has 2 unspecified atom stereocenters. The van der Waals surface area contributed by atoms with E-state index in [0.29, 0.717) is 16.7 Å². The van der Waals surface area contributed by atoms with Crippen LogP contribution >= 0.6 is 23.2 Å². The molecule has 1 aliphatic rings. The van der Waals surface area contributed by atoms with Gasteiger partial charge in [-0.3, -0.25) is 4.90 Å². The van der Waals surface area contributed by atoms with Gasteiger partial charge in [-0.05, 0) is 35.0 Å². The Morgan fingerprint density at radius 3 is 2.82 bits per heavy atom. The van der Waals surface area contributed by atoms with Crippen LogP contribution in [0.1, 0.15) is 30.5 Å². The van der Waals surface area contributed by atoms with Gasteiger partial charge < -0.3 is 4.74 Å². The summed E-state index contributed by atoms with van der Waals surface area (Å²) >= 11 is 12.1. The lowest BCUT2D eigenvalue weighted by Gasteiger charge is -2.36. The molecule has 1 aromatic heterocycles. The van der Waals surface area contributed by atoms with Crippen molar-refractivity contribution in [2.24, 2.45) is 7.05 Å². The number of tetrazole rings is 1. The van der Waals surface area contributed by atoms with E-state index in [1.54, 1.807) is 10.7 Å². The fourth-order valence-corrected chi connectivity index (χ4v) is 3.00. The largest absolute Gasteiger partial charge is 0.371 e. The Hall–Kier alpha value is -1.21. The van der Waals surface area contributed by atoms with Crippen molar-refractivity contribution in [3.05, 3.63) is 39.6 Å². The Morgan fingerprint density at radius 1 is 1.32 bits per heavy atom. The monoisotopic (exact) mass is 341 g/mol. The summed E-state index contributed by atoms with van der Waals surface area (Å²) in [5, 5.41) is 12.8. The molecule has 1 aromatic carbocycles. The second-order valence-corrected chi connectivity index (χ2v) is 6.18. The predicted molar refractivity (Wildman–Crippen MR) is 83.9 cm³/mol. The van der Waals surface area contributed by atoms with E-state index in [1.165, 1.54) is 0 Å². The van der Waals surface area contributed by atoms with Crippen molar-refractivity contribution in [1.82, 2.24) is 25.1 Å². The molecule has 0 radical (unpaired) electrons. The average Bonchev–Trinajstić information content (AvgIpc) is 2.95. The highest BCUT2D eigenvalue weighted by atomic mass is 35.5. The first kappa shape index (κ1) is 15.7. The van der Waals surface area contributed by atoms with E-state index in [9.17, 15) is 0 Å². The summed E-state index contributed by atoms with van der Waals surface area (Å²) in [7, 11) is 1.85. The molecule has 0 amide bonds. The highest BCUT2D eigenvalue weighted by Crippen LogP contribution is 2.31. The zero-order valence-electron chi connectivity index (χ0n) is 12.4. The van der Waals surface area contributed by atoms with Crippen molar-refractivity contribution < 1.29 is 4.74 Å². The third kappa shape index (κ3) is 3.10. The number of nitrogens with zero attached hydrogens (tertiary/aromatic N) is 5. The van der Waals surface area contributed by atoms with Crippen LogP contribution < -0.4 is 0 Å². The van der Waals surface area contributed by atoms with Crippen LogP contribution in [0.5, 0.6) is 0 Å². The number of benzene rings is 1. The number of rotatable bonds is 3. The van der Waals surface area contributed by atoms with Gasteiger partial charge in [0.15, 0.2) is 5.82 Å². The van der Waals surface area contributed by atoms with E-state index >= 15 is 0 Å². The third-order valence-corrected chi connectivity index (χ3v) is 4.73. The van der Waals surface area contributed by atoms with Gasteiger partial charge in [0.1, 0.15) is 0 Å². The minimum absolute atomic E-state index is 0.0350. The molecule has 0 bridgehead atoms. The van der Waals surface area contributed by atoms with Gasteiger partial charge in [0.05, 0.1) is 28.8 Å². The van der Waals surface area contributed by atoms with Crippen LogP contribution in [0.3, 0.4) is 0 Å². The third-order valence-electron chi connectivity index (χ3n) is 3.99. The van der Waals surface area contributed by atoms with E-state index in [0.717, 1.165) is 24.5 Å². The molecule has 2 aromatic rings. The number of aromatic nitrogens is 4. The summed E-state index contributed by atoms with van der Waals surface area (Å²) in [4.78, 5) is 2.31. The molecule has 0 N–H and O–H groups in total. The van der Waals surface area contributed by atoms with Gasteiger partial charge in [-0.2, -0.15) is 0 Å². The average molecular weight is 342 g/mol. The highest BCUT2D eigenvalue weighted by Gasteiger charge is 2.28. The van der Waals surface area contributed by atoms with Gasteiger partial charge in [0.25, 0.3) is 0 Å². The smallest absolute Gasteiger partial charge is 0.167 e. The van der Waals surface area contributed by atoms with Gasteiger partial charge >= 0.3 is 0 Å². The van der Waals surface area contributed by atoms with Gasteiger partial charge in [-0.25, -0.2) is 4.68 Å². The molecule has 22 heavy (non-hydrogen) atoms. The Morgan fingerprint density at radius 2 is 2.14 bits per heavy atom. The Balaban J connectivity index is 1.76. The molecule has 6 nitrogen and oxygen atoms in total. The van der Waals surface area contributed by atoms with Gasteiger partial charge in [-0.1, -0.05) is 29.3 Å². The van der Waals surface area contributed by atoms with Crippen molar-refractivity contribution in [2.75, 3.05) is 19.7 Å². The number of morpholine rings is 1. The van der Waals surface area contributed by atoms with Crippen LogP contribution in [-0.4, -0.2) is 44.8 Å². The van der Waals surface area contributed by atoms with Crippen LogP contribution in [-0.2, 0) is 11.8 Å². The van der Waals surface area contributed by atoms with Crippen LogP contribution in [0.15, 0.2) is 18.2 Å². The van der Waals surface area contributed by atoms with Crippen molar-refractivity contribution in [2.45, 2.75) is 19.1 Å². The summed E-state index contributed by atoms with van der Waals surface area (Å²) in [5.74, 6) is 0.842. The predicted octanol–water partition coefficient (Wildman–Crippen LogP) is 2.65. The van der Waals surface area contributed by atoms with Crippen molar-refractivity contribution >= 4 is 23.2 Å². The van der Waals surface area contributed by atoms with E-state index in [-0.39, 0.29) is 12.1 Å². The number of halogens is 2. The maximum absolute atomic E-state index is 6.10. The normalized spacial score (nSPS) is 21.0. The van der Waals surface area contributed by atoms with Gasteiger partial charge in [0.2, 0.25) is 0 Å². The Bertz CT molecular complexity index is 662. The van der Waals surface area contributed by atoms with Crippen molar-refractivity contribution in [3.8, 4) is 0 Å². The molecule has 3 rings (SSSR count). The van der Waals surface area contributed by atoms with Gasteiger partial charge in [-0.15, -0.1) is 5.10 Å². The topological polar surface area (TPSA) is 56.1 Å². The zero-order valence-corrected chi connectivity index (χ0v) is 13.9. The maximum Gasteiger partial charge on any atom is 0.167 e. The minimum atomic E-state index is -0.0350. The van der Waals surface area contributed by atoms with E-state index in [4.69, 9.17) is 27.9 Å². The number of hydrogen-bond acceptors (Lipinski definition) is 5. The Kier molecular flexibility index (Phi) is 4.63. The molecule has 0 spiro atoms. The van der Waals surface area contributed by atoms with Crippen LogP contribution in [0.4, 0.5) is 0 Å². The quantitative estimate of drug-likeness (QED) is 0.858. The Labute approximate surface area is 139 Å². The molecule has 2 atom stereocenters. The zero-order chi connectivity index (χ0) is 15.7. The second kappa shape index (κ2) is 6.50. The summed E-state index contributed by atoms with van der Waals surface area (Å²) in [6.45, 7) is 4.35. The van der Waals surface area contributed by atoms with E-state index in [2.05, 4.69) is 27.3 Å². The second-order valence-electron chi connectivity index (χ2n) is 5.36. The summed E-state index contributed by atoms with van der Waals surface area (Å²) in [5.41, 5.74) is 1.03. The molecular weight excluding hydrogens is 325 g/mol. The lowest BCUT2D eigenvalue weighted by Crippen LogP contribution is -2.40. The number of aryl methyl sites for hydroxylation is 1. The molecule has 118 valence electrons. The fraction of sp³-hybridized carbons (Fsp3) is 0.500. The molecule has 1 saturated heterocycles. The number of ether oxygens (including phenoxy) is 1. The number of hydrogen-bond donors (Lipinski definition) is 0. The highest BCUT2D eigenvalue weighted by molar-refractivity contribution is 6.42. The van der Waals surface area contributed by atoms with Crippen LogP contribution in [0, 0.1) is 0 Å².